The molecule has 2 aromatic heterocycles. The molecule has 0 saturated heterocycles. The van der Waals surface area contributed by atoms with Crippen LogP contribution in [0.3, 0.4) is 0 Å². The van der Waals surface area contributed by atoms with Crippen molar-refractivity contribution in [1.29, 1.82) is 0 Å². The van der Waals surface area contributed by atoms with Gasteiger partial charge >= 0.3 is 6.09 Å². The van der Waals surface area contributed by atoms with E-state index in [9.17, 15) is 14.0 Å². The fourth-order valence-corrected chi connectivity index (χ4v) is 4.89. The predicted octanol–water partition coefficient (Wildman–Crippen LogP) is 5.91. The van der Waals surface area contributed by atoms with Gasteiger partial charge in [-0.2, -0.15) is 0 Å². The van der Waals surface area contributed by atoms with E-state index >= 15 is 0 Å². The first-order chi connectivity index (χ1) is 20.5. The molecule has 4 aromatic rings. The SMILES string of the molecule is COC(C)(C)c1ccc(C(=O)Nc2cc(F)cc(-c3ncnc4[nH]c(C5=CCN(OC(=O)N(C)C)CC5)cc34)c2C)cc1. The summed E-state index contributed by atoms with van der Waals surface area (Å²) in [5.41, 5.74) is 5.52. The fraction of sp³-hybridized carbons (Fsp3) is 0.312. The second-order valence-electron chi connectivity index (χ2n) is 11.2. The Hall–Kier alpha value is -4.61. The van der Waals surface area contributed by atoms with Crippen LogP contribution in [0.4, 0.5) is 14.9 Å². The molecule has 0 saturated carbocycles. The van der Waals surface area contributed by atoms with Crippen molar-refractivity contribution in [3.63, 3.8) is 0 Å². The Balaban J connectivity index is 1.41. The van der Waals surface area contributed by atoms with Crippen molar-refractivity contribution in [2.24, 2.45) is 0 Å². The van der Waals surface area contributed by atoms with Gasteiger partial charge in [0.05, 0.1) is 17.8 Å². The molecule has 43 heavy (non-hydrogen) atoms. The molecule has 0 spiro atoms. The molecular weight excluding hydrogens is 551 g/mol. The number of hydroxylamine groups is 2. The van der Waals surface area contributed by atoms with Crippen LogP contribution in [-0.4, -0.2) is 71.2 Å². The molecule has 5 rings (SSSR count). The molecule has 10 nitrogen and oxygen atoms in total. The zero-order valence-electron chi connectivity index (χ0n) is 25.1. The van der Waals surface area contributed by atoms with Crippen molar-refractivity contribution in [2.45, 2.75) is 32.8 Å². The first-order valence-electron chi connectivity index (χ1n) is 13.9. The highest BCUT2D eigenvalue weighted by molar-refractivity contribution is 6.05. The van der Waals surface area contributed by atoms with Gasteiger partial charge in [0.15, 0.2) is 0 Å². The molecule has 0 fully saturated rings. The topological polar surface area (TPSA) is 113 Å². The lowest BCUT2D eigenvalue weighted by molar-refractivity contribution is -0.101. The van der Waals surface area contributed by atoms with Crippen LogP contribution < -0.4 is 5.32 Å². The Kier molecular flexibility index (Phi) is 8.30. The van der Waals surface area contributed by atoms with Crippen LogP contribution in [0.2, 0.25) is 0 Å². The van der Waals surface area contributed by atoms with Gasteiger partial charge in [0, 0.05) is 55.6 Å². The summed E-state index contributed by atoms with van der Waals surface area (Å²) in [4.78, 5) is 44.0. The average Bonchev–Trinajstić information content (AvgIpc) is 3.44. The van der Waals surface area contributed by atoms with E-state index in [1.165, 1.54) is 23.4 Å². The molecule has 3 heterocycles. The standard InChI is InChI=1S/C32H35FN6O4/c1-19-24(15-23(33)16-26(19)37-30(40)21-7-9-22(10-8-21)32(2,3)42-6)28-25-17-27(36-29(25)35-18-34-28)20-11-13-39(14-12-20)43-31(41)38(4)5/h7-11,15-18H,12-14H2,1-6H3,(H,37,40)(H,34,35,36). The Morgan fingerprint density at radius 3 is 2.51 bits per heavy atom. The number of benzene rings is 2. The minimum absolute atomic E-state index is 0.353. The second kappa shape index (κ2) is 11.9. The average molecular weight is 587 g/mol. The summed E-state index contributed by atoms with van der Waals surface area (Å²) in [7, 11) is 4.91. The number of carbonyl (C=O) groups excluding carboxylic acids is 2. The molecule has 0 unspecified atom stereocenters. The lowest BCUT2D eigenvalue weighted by Gasteiger charge is -2.25. The van der Waals surface area contributed by atoms with E-state index in [4.69, 9.17) is 9.57 Å². The quantitative estimate of drug-likeness (QED) is 0.277. The number of halogens is 1. The van der Waals surface area contributed by atoms with Crippen LogP contribution in [-0.2, 0) is 15.2 Å². The number of rotatable bonds is 7. The van der Waals surface area contributed by atoms with Gasteiger partial charge in [-0.1, -0.05) is 18.2 Å². The third-order valence-electron chi connectivity index (χ3n) is 7.74. The summed E-state index contributed by atoms with van der Waals surface area (Å²) in [5, 5.41) is 5.20. The number of aromatic amines is 1. The van der Waals surface area contributed by atoms with Crippen LogP contribution >= 0.6 is 0 Å². The largest absolute Gasteiger partial charge is 0.428 e. The number of ether oxygens (including phenoxy) is 1. The third kappa shape index (κ3) is 6.27. The molecule has 0 bridgehead atoms. The smallest absolute Gasteiger partial charge is 0.374 e. The van der Waals surface area contributed by atoms with Crippen molar-refractivity contribution < 1.29 is 23.6 Å². The first-order valence-corrected chi connectivity index (χ1v) is 13.9. The zero-order chi connectivity index (χ0) is 30.9. The maximum Gasteiger partial charge on any atom is 0.428 e. The maximum atomic E-state index is 15.0. The number of nitrogens with zero attached hydrogens (tertiary/aromatic N) is 4. The number of H-pyrrole nitrogens is 1. The molecular formula is C32H35FN6O4. The fourth-order valence-electron chi connectivity index (χ4n) is 4.89. The van der Waals surface area contributed by atoms with Crippen molar-refractivity contribution in [3.05, 3.63) is 83.1 Å². The highest BCUT2D eigenvalue weighted by atomic mass is 19.1. The van der Waals surface area contributed by atoms with Crippen LogP contribution in [0.1, 0.15) is 47.4 Å². The lowest BCUT2D eigenvalue weighted by Crippen LogP contribution is -2.35. The monoisotopic (exact) mass is 586 g/mol. The predicted molar refractivity (Wildman–Crippen MR) is 163 cm³/mol. The highest BCUT2D eigenvalue weighted by Gasteiger charge is 2.22. The van der Waals surface area contributed by atoms with Gasteiger partial charge in [-0.05, 0) is 74.2 Å². The van der Waals surface area contributed by atoms with Gasteiger partial charge in [-0.25, -0.2) is 19.2 Å². The molecule has 1 aliphatic rings. The van der Waals surface area contributed by atoms with Gasteiger partial charge in [0.2, 0.25) is 0 Å². The molecule has 2 N–H and O–H groups in total. The first kappa shape index (κ1) is 29.9. The molecule has 0 aliphatic carbocycles. The number of nitrogens with one attached hydrogen (secondary N) is 2. The van der Waals surface area contributed by atoms with Crippen LogP contribution in [0, 0.1) is 12.7 Å². The van der Waals surface area contributed by atoms with Crippen molar-refractivity contribution in [2.75, 3.05) is 39.6 Å². The summed E-state index contributed by atoms with van der Waals surface area (Å²) in [6, 6.07) is 11.8. The Morgan fingerprint density at radius 1 is 1.12 bits per heavy atom. The number of amides is 2. The summed E-state index contributed by atoms with van der Waals surface area (Å²) in [5.74, 6) is -0.856. The summed E-state index contributed by atoms with van der Waals surface area (Å²) in [6.07, 6.45) is 3.65. The molecule has 11 heteroatoms. The Bertz CT molecular complexity index is 1710. The van der Waals surface area contributed by atoms with E-state index in [0.29, 0.717) is 53.2 Å². The summed E-state index contributed by atoms with van der Waals surface area (Å²) < 4.78 is 20.5. The highest BCUT2D eigenvalue weighted by Crippen LogP contribution is 2.35. The van der Waals surface area contributed by atoms with E-state index in [0.717, 1.165) is 22.2 Å². The van der Waals surface area contributed by atoms with E-state index in [2.05, 4.69) is 20.3 Å². The minimum Gasteiger partial charge on any atom is -0.374 e. The molecule has 0 atom stereocenters. The number of carbonyl (C=O) groups is 2. The third-order valence-corrected chi connectivity index (χ3v) is 7.74. The number of anilines is 1. The summed E-state index contributed by atoms with van der Waals surface area (Å²) in [6.45, 7) is 6.70. The number of fused-ring (bicyclic) bond motifs is 1. The van der Waals surface area contributed by atoms with E-state index < -0.39 is 17.5 Å². The molecule has 1 aliphatic heterocycles. The second-order valence-corrected chi connectivity index (χ2v) is 11.2. The van der Waals surface area contributed by atoms with E-state index in [-0.39, 0.29) is 5.91 Å². The zero-order valence-corrected chi connectivity index (χ0v) is 25.1. The Morgan fingerprint density at radius 2 is 1.86 bits per heavy atom. The number of hydrogen-bond donors (Lipinski definition) is 2. The molecule has 2 aromatic carbocycles. The Labute approximate surface area is 249 Å². The molecule has 0 radical (unpaired) electrons. The molecule has 224 valence electrons. The normalized spacial score (nSPS) is 14.0. The van der Waals surface area contributed by atoms with Gasteiger partial charge in [-0.15, -0.1) is 5.06 Å². The number of hydrogen-bond acceptors (Lipinski definition) is 7. The van der Waals surface area contributed by atoms with Crippen LogP contribution in [0.15, 0.2) is 54.9 Å². The van der Waals surface area contributed by atoms with Crippen molar-refractivity contribution in [3.8, 4) is 11.3 Å². The van der Waals surface area contributed by atoms with Crippen molar-refractivity contribution in [1.82, 2.24) is 24.9 Å². The lowest BCUT2D eigenvalue weighted by atomic mass is 9.96. The van der Waals surface area contributed by atoms with Crippen molar-refractivity contribution >= 4 is 34.3 Å². The summed E-state index contributed by atoms with van der Waals surface area (Å²) >= 11 is 0. The number of methoxy groups -OCH3 is 1. The molecule has 2 amide bonds. The van der Waals surface area contributed by atoms with Gasteiger partial charge < -0.3 is 24.8 Å². The van der Waals surface area contributed by atoms with Gasteiger partial charge in [0.1, 0.15) is 17.8 Å². The minimum atomic E-state index is -0.502. The van der Waals surface area contributed by atoms with E-state index in [1.807, 2.05) is 45.0 Å². The van der Waals surface area contributed by atoms with Gasteiger partial charge in [-0.3, -0.25) is 4.79 Å². The van der Waals surface area contributed by atoms with Crippen LogP contribution in [0.5, 0.6) is 0 Å². The number of aromatic nitrogens is 3. The van der Waals surface area contributed by atoms with Crippen LogP contribution in [0.25, 0.3) is 27.9 Å². The maximum absolute atomic E-state index is 15.0. The van der Waals surface area contributed by atoms with E-state index in [1.54, 1.807) is 38.4 Å². The van der Waals surface area contributed by atoms with Gasteiger partial charge in [0.25, 0.3) is 5.91 Å².